The van der Waals surface area contributed by atoms with Crippen LogP contribution in [0, 0.1) is 6.92 Å². The molecule has 2 N–H and O–H groups in total. The van der Waals surface area contributed by atoms with Gasteiger partial charge in [-0.25, -0.2) is 15.0 Å². The number of nitrogens with one attached hydrogen (secondary N) is 2. The third kappa shape index (κ3) is 3.63. The highest BCUT2D eigenvalue weighted by molar-refractivity contribution is 5.83. The fourth-order valence-corrected chi connectivity index (χ4v) is 3.47. The van der Waals surface area contributed by atoms with Crippen LogP contribution >= 0.6 is 0 Å². The molecule has 0 saturated heterocycles. The van der Waals surface area contributed by atoms with Crippen LogP contribution in [0.3, 0.4) is 0 Å². The van der Waals surface area contributed by atoms with Crippen LogP contribution in [0.25, 0.3) is 33.7 Å². The second kappa shape index (κ2) is 7.75. The van der Waals surface area contributed by atoms with Gasteiger partial charge in [0.05, 0.1) is 5.69 Å². The fourth-order valence-electron chi connectivity index (χ4n) is 3.47. The predicted octanol–water partition coefficient (Wildman–Crippen LogP) is 5.00. The molecule has 0 aliphatic heterocycles. The Morgan fingerprint density at radius 1 is 0.900 bits per heavy atom. The Labute approximate surface area is 174 Å². The molecule has 0 saturated carbocycles. The lowest BCUT2D eigenvalue weighted by molar-refractivity contribution is 1.08. The van der Waals surface area contributed by atoms with Crippen LogP contribution in [-0.2, 0) is 6.54 Å². The van der Waals surface area contributed by atoms with Gasteiger partial charge in [-0.3, -0.25) is 4.98 Å². The SMILES string of the molecule is Cc1cccc(-c2nc(NCc3cccc4[nH]ccc34)cc(-c3cccnc3)n2)n1. The molecule has 146 valence electrons. The molecule has 0 aliphatic rings. The van der Waals surface area contributed by atoms with Gasteiger partial charge < -0.3 is 10.3 Å². The van der Waals surface area contributed by atoms with Crippen LogP contribution in [0.15, 0.2) is 79.3 Å². The first-order valence-electron chi connectivity index (χ1n) is 9.79. The van der Waals surface area contributed by atoms with Gasteiger partial charge >= 0.3 is 0 Å². The summed E-state index contributed by atoms with van der Waals surface area (Å²) in [6.07, 6.45) is 5.52. The van der Waals surface area contributed by atoms with Crippen molar-refractivity contribution in [2.75, 3.05) is 5.32 Å². The number of aryl methyl sites for hydroxylation is 1. The van der Waals surface area contributed by atoms with E-state index < -0.39 is 0 Å². The van der Waals surface area contributed by atoms with Crippen molar-refractivity contribution >= 4 is 16.7 Å². The van der Waals surface area contributed by atoms with Crippen molar-refractivity contribution in [2.24, 2.45) is 0 Å². The number of benzene rings is 1. The van der Waals surface area contributed by atoms with Crippen molar-refractivity contribution in [1.82, 2.24) is 24.9 Å². The molecule has 4 aromatic heterocycles. The van der Waals surface area contributed by atoms with Gasteiger partial charge in [0.2, 0.25) is 0 Å². The van der Waals surface area contributed by atoms with Crippen molar-refractivity contribution in [2.45, 2.75) is 13.5 Å². The first-order chi connectivity index (χ1) is 14.8. The first-order valence-corrected chi connectivity index (χ1v) is 9.79. The molecule has 6 nitrogen and oxygen atoms in total. The molecule has 0 fully saturated rings. The Balaban J connectivity index is 1.53. The van der Waals surface area contributed by atoms with Crippen molar-refractivity contribution in [3.8, 4) is 22.8 Å². The number of nitrogens with zero attached hydrogens (tertiary/aromatic N) is 4. The maximum Gasteiger partial charge on any atom is 0.180 e. The zero-order chi connectivity index (χ0) is 20.3. The molecule has 0 amide bonds. The number of hydrogen-bond donors (Lipinski definition) is 2. The number of H-pyrrole nitrogens is 1. The summed E-state index contributed by atoms with van der Waals surface area (Å²) >= 11 is 0. The molecule has 0 bridgehead atoms. The normalized spacial score (nSPS) is 11.0. The molecule has 0 spiro atoms. The molecule has 1 aromatic carbocycles. The monoisotopic (exact) mass is 392 g/mol. The Morgan fingerprint density at radius 2 is 1.83 bits per heavy atom. The van der Waals surface area contributed by atoms with E-state index >= 15 is 0 Å². The van der Waals surface area contributed by atoms with Crippen molar-refractivity contribution < 1.29 is 0 Å². The summed E-state index contributed by atoms with van der Waals surface area (Å²) < 4.78 is 0. The number of anilines is 1. The topological polar surface area (TPSA) is 79.4 Å². The molecular weight excluding hydrogens is 372 g/mol. The van der Waals surface area contributed by atoms with E-state index in [2.05, 4.69) is 44.5 Å². The lowest BCUT2D eigenvalue weighted by Crippen LogP contribution is -2.05. The number of aromatic amines is 1. The minimum atomic E-state index is 0.586. The average molecular weight is 392 g/mol. The van der Waals surface area contributed by atoms with Crippen LogP contribution in [0.4, 0.5) is 5.82 Å². The summed E-state index contributed by atoms with van der Waals surface area (Å²) in [6.45, 7) is 2.62. The Kier molecular flexibility index (Phi) is 4.65. The van der Waals surface area contributed by atoms with E-state index in [0.29, 0.717) is 12.4 Å². The molecular formula is C24H20N6. The van der Waals surface area contributed by atoms with Crippen molar-refractivity contribution in [1.29, 1.82) is 0 Å². The maximum absolute atomic E-state index is 4.75. The van der Waals surface area contributed by atoms with Crippen molar-refractivity contribution in [3.05, 3.63) is 90.5 Å². The van der Waals surface area contributed by atoms with E-state index in [1.165, 1.54) is 10.9 Å². The predicted molar refractivity (Wildman–Crippen MR) is 119 cm³/mol. The van der Waals surface area contributed by atoms with Gasteiger partial charge in [-0.1, -0.05) is 18.2 Å². The summed E-state index contributed by atoms with van der Waals surface area (Å²) in [4.78, 5) is 21.6. The minimum Gasteiger partial charge on any atom is -0.366 e. The van der Waals surface area contributed by atoms with Crippen LogP contribution in [0.5, 0.6) is 0 Å². The third-order valence-corrected chi connectivity index (χ3v) is 4.95. The molecule has 0 atom stereocenters. The molecule has 30 heavy (non-hydrogen) atoms. The third-order valence-electron chi connectivity index (χ3n) is 4.95. The molecule has 5 rings (SSSR count). The molecule has 5 aromatic rings. The Bertz CT molecular complexity index is 1310. The van der Waals surface area contributed by atoms with Crippen LogP contribution in [0.1, 0.15) is 11.3 Å². The van der Waals surface area contributed by atoms with E-state index in [-0.39, 0.29) is 0 Å². The molecule has 0 unspecified atom stereocenters. The summed E-state index contributed by atoms with van der Waals surface area (Å²) in [6, 6.07) is 20.1. The molecule has 4 heterocycles. The standard InChI is InChI=1S/C24H20N6/c1-16-5-2-9-21(28-16)24-29-22(18-7-4-11-25-14-18)13-23(30-24)27-15-17-6-3-8-20-19(17)10-12-26-20/h2-14,26H,15H2,1H3,(H,27,29,30). The second-order valence-electron chi connectivity index (χ2n) is 7.08. The summed E-state index contributed by atoms with van der Waals surface area (Å²) in [5, 5.41) is 4.67. The first kappa shape index (κ1) is 18.0. The van der Waals surface area contributed by atoms with Gasteiger partial charge in [0, 0.05) is 53.4 Å². The summed E-state index contributed by atoms with van der Waals surface area (Å²) in [5.74, 6) is 1.33. The van der Waals surface area contributed by atoms with Gasteiger partial charge in [-0.15, -0.1) is 0 Å². The maximum atomic E-state index is 4.75. The van der Waals surface area contributed by atoms with Gasteiger partial charge in [0.25, 0.3) is 0 Å². The van der Waals surface area contributed by atoms with Gasteiger partial charge in [-0.05, 0) is 48.9 Å². The van der Waals surface area contributed by atoms with Gasteiger partial charge in [-0.2, -0.15) is 0 Å². The Morgan fingerprint density at radius 3 is 2.70 bits per heavy atom. The fraction of sp³-hybridized carbons (Fsp3) is 0.0833. The minimum absolute atomic E-state index is 0.586. The smallest absolute Gasteiger partial charge is 0.180 e. The average Bonchev–Trinajstić information content (AvgIpc) is 3.28. The highest BCUT2D eigenvalue weighted by atomic mass is 15.0. The van der Waals surface area contributed by atoms with Crippen LogP contribution < -0.4 is 5.32 Å². The highest BCUT2D eigenvalue weighted by Gasteiger charge is 2.11. The van der Waals surface area contributed by atoms with E-state index in [0.717, 1.165) is 34.0 Å². The highest BCUT2D eigenvalue weighted by Crippen LogP contribution is 2.24. The molecule has 6 heteroatoms. The largest absolute Gasteiger partial charge is 0.366 e. The second-order valence-corrected chi connectivity index (χ2v) is 7.08. The van der Waals surface area contributed by atoms with Crippen LogP contribution in [0.2, 0.25) is 0 Å². The van der Waals surface area contributed by atoms with Crippen molar-refractivity contribution in [3.63, 3.8) is 0 Å². The van der Waals surface area contributed by atoms with Gasteiger partial charge in [0.1, 0.15) is 11.5 Å². The zero-order valence-electron chi connectivity index (χ0n) is 16.5. The summed E-state index contributed by atoms with van der Waals surface area (Å²) in [5.41, 5.74) is 5.74. The number of fused-ring (bicyclic) bond motifs is 1. The van der Waals surface area contributed by atoms with E-state index in [1.54, 1.807) is 12.4 Å². The number of pyridine rings is 2. The Hall–Kier alpha value is -4.06. The molecule has 0 radical (unpaired) electrons. The number of aromatic nitrogens is 5. The molecule has 0 aliphatic carbocycles. The number of hydrogen-bond acceptors (Lipinski definition) is 5. The zero-order valence-corrected chi connectivity index (χ0v) is 16.5. The van der Waals surface area contributed by atoms with Gasteiger partial charge in [0.15, 0.2) is 5.82 Å². The van der Waals surface area contributed by atoms with Crippen LogP contribution in [-0.4, -0.2) is 24.9 Å². The lowest BCUT2D eigenvalue weighted by atomic mass is 10.1. The quantitative estimate of drug-likeness (QED) is 0.440. The van der Waals surface area contributed by atoms with E-state index in [9.17, 15) is 0 Å². The van der Waals surface area contributed by atoms with E-state index in [4.69, 9.17) is 9.97 Å². The van der Waals surface area contributed by atoms with E-state index in [1.807, 2.05) is 49.5 Å². The lowest BCUT2D eigenvalue weighted by Gasteiger charge is -2.11. The number of rotatable bonds is 5. The summed E-state index contributed by atoms with van der Waals surface area (Å²) in [7, 11) is 0.